The predicted octanol–water partition coefficient (Wildman–Crippen LogP) is 2.46. The summed E-state index contributed by atoms with van der Waals surface area (Å²) in [6.45, 7) is 3.86. The maximum absolute atomic E-state index is 12.0. The highest BCUT2D eigenvalue weighted by atomic mass is 16.1. The maximum Gasteiger partial charge on any atom is 0.229 e. The molecule has 0 saturated heterocycles. The third kappa shape index (κ3) is 3.31. The number of aromatic nitrogens is 1. The van der Waals surface area contributed by atoms with Gasteiger partial charge >= 0.3 is 0 Å². The Morgan fingerprint density at radius 1 is 1.26 bits per heavy atom. The van der Waals surface area contributed by atoms with Crippen LogP contribution in [0, 0.1) is 13.8 Å². The number of carbonyl (C=O) groups excluding carboxylic acids is 1. The third-order valence-corrected chi connectivity index (χ3v) is 2.97. The van der Waals surface area contributed by atoms with Crippen molar-refractivity contribution in [2.24, 2.45) is 0 Å². The normalized spacial score (nSPS) is 10.2. The summed E-state index contributed by atoms with van der Waals surface area (Å²) in [5.41, 5.74) is 9.21. The molecule has 0 aliphatic carbocycles. The van der Waals surface area contributed by atoms with Crippen LogP contribution < -0.4 is 11.1 Å². The van der Waals surface area contributed by atoms with E-state index in [1.807, 2.05) is 38.1 Å². The van der Waals surface area contributed by atoms with Crippen LogP contribution in [0.3, 0.4) is 0 Å². The number of benzene rings is 1. The van der Waals surface area contributed by atoms with E-state index in [1.54, 1.807) is 6.07 Å². The van der Waals surface area contributed by atoms with Gasteiger partial charge in [0.1, 0.15) is 5.82 Å². The van der Waals surface area contributed by atoms with Crippen molar-refractivity contribution in [3.05, 3.63) is 53.2 Å². The summed E-state index contributed by atoms with van der Waals surface area (Å²) < 4.78 is 0. The highest BCUT2D eigenvalue weighted by Crippen LogP contribution is 2.15. The lowest BCUT2D eigenvalue weighted by atomic mass is 10.1. The van der Waals surface area contributed by atoms with Gasteiger partial charge in [-0.3, -0.25) is 4.79 Å². The van der Waals surface area contributed by atoms with Crippen LogP contribution in [0.5, 0.6) is 0 Å². The predicted molar refractivity (Wildman–Crippen MR) is 76.9 cm³/mol. The summed E-state index contributed by atoms with van der Waals surface area (Å²) in [6, 6.07) is 9.63. The van der Waals surface area contributed by atoms with E-state index in [0.717, 1.165) is 16.7 Å². The van der Waals surface area contributed by atoms with E-state index in [4.69, 9.17) is 5.73 Å². The second kappa shape index (κ2) is 5.52. The zero-order valence-corrected chi connectivity index (χ0v) is 11.1. The van der Waals surface area contributed by atoms with Crippen LogP contribution in [0.2, 0.25) is 0 Å². The lowest BCUT2D eigenvalue weighted by Gasteiger charge is -2.09. The summed E-state index contributed by atoms with van der Waals surface area (Å²) >= 11 is 0. The fraction of sp³-hybridized carbons (Fsp3) is 0.200. The quantitative estimate of drug-likeness (QED) is 0.885. The molecule has 2 aromatic rings. The Morgan fingerprint density at radius 3 is 2.68 bits per heavy atom. The molecule has 4 heteroatoms. The van der Waals surface area contributed by atoms with Crippen LogP contribution in [0.15, 0.2) is 36.5 Å². The van der Waals surface area contributed by atoms with Crippen LogP contribution in [0.4, 0.5) is 11.5 Å². The van der Waals surface area contributed by atoms with Gasteiger partial charge in [0.05, 0.1) is 18.3 Å². The van der Waals surface area contributed by atoms with Crippen molar-refractivity contribution >= 4 is 17.4 Å². The Kier molecular flexibility index (Phi) is 3.80. The molecule has 1 aromatic heterocycles. The summed E-state index contributed by atoms with van der Waals surface area (Å²) in [4.78, 5) is 16.1. The number of anilines is 2. The number of rotatable bonds is 3. The van der Waals surface area contributed by atoms with E-state index < -0.39 is 0 Å². The zero-order valence-electron chi connectivity index (χ0n) is 11.1. The van der Waals surface area contributed by atoms with Crippen molar-refractivity contribution in [1.29, 1.82) is 0 Å². The fourth-order valence-corrected chi connectivity index (χ4v) is 1.89. The maximum atomic E-state index is 12.0. The molecule has 0 aliphatic heterocycles. The molecular weight excluding hydrogens is 238 g/mol. The van der Waals surface area contributed by atoms with Gasteiger partial charge in [-0.2, -0.15) is 0 Å². The van der Waals surface area contributed by atoms with Crippen LogP contribution in [-0.2, 0) is 11.2 Å². The van der Waals surface area contributed by atoms with E-state index in [2.05, 4.69) is 10.3 Å². The van der Waals surface area contributed by atoms with Gasteiger partial charge in [-0.25, -0.2) is 4.98 Å². The van der Waals surface area contributed by atoms with Gasteiger partial charge in [-0.1, -0.05) is 24.3 Å². The van der Waals surface area contributed by atoms with E-state index in [9.17, 15) is 4.79 Å². The van der Waals surface area contributed by atoms with Crippen molar-refractivity contribution in [2.45, 2.75) is 20.3 Å². The second-order valence-corrected chi connectivity index (χ2v) is 4.59. The Balaban J connectivity index is 2.08. The lowest BCUT2D eigenvalue weighted by molar-refractivity contribution is -0.115. The minimum atomic E-state index is -0.0744. The zero-order chi connectivity index (χ0) is 13.8. The van der Waals surface area contributed by atoms with Gasteiger partial charge in [0, 0.05) is 0 Å². The third-order valence-electron chi connectivity index (χ3n) is 2.97. The van der Waals surface area contributed by atoms with Crippen molar-refractivity contribution in [3.8, 4) is 0 Å². The number of pyridine rings is 1. The van der Waals surface area contributed by atoms with E-state index in [-0.39, 0.29) is 5.91 Å². The molecule has 1 amide bonds. The lowest BCUT2D eigenvalue weighted by Crippen LogP contribution is -2.16. The van der Waals surface area contributed by atoms with Gasteiger partial charge in [0.25, 0.3) is 0 Å². The number of hydrogen-bond acceptors (Lipinski definition) is 3. The van der Waals surface area contributed by atoms with Crippen LogP contribution in [-0.4, -0.2) is 10.9 Å². The summed E-state index contributed by atoms with van der Waals surface area (Å²) in [6.07, 6.45) is 1.88. The van der Waals surface area contributed by atoms with Gasteiger partial charge in [-0.05, 0) is 36.6 Å². The van der Waals surface area contributed by atoms with Crippen molar-refractivity contribution in [3.63, 3.8) is 0 Å². The molecular formula is C15H17N3O. The Hall–Kier alpha value is -2.36. The first kappa shape index (κ1) is 13.1. The molecule has 2 rings (SSSR count). The monoisotopic (exact) mass is 255 g/mol. The summed E-state index contributed by atoms with van der Waals surface area (Å²) in [5.74, 6) is 0.488. The van der Waals surface area contributed by atoms with E-state index in [0.29, 0.717) is 17.9 Å². The standard InChI is InChI=1S/C15H17N3O/c1-10-5-3-4-6-12(10)8-14(19)18-15-11(2)7-13(16)9-17-15/h3-7,9H,8,16H2,1-2H3,(H,17,18,19). The molecule has 0 bridgehead atoms. The van der Waals surface area contributed by atoms with Crippen molar-refractivity contribution in [2.75, 3.05) is 11.1 Å². The Labute approximate surface area is 112 Å². The summed E-state index contributed by atoms with van der Waals surface area (Å²) in [7, 11) is 0. The average molecular weight is 255 g/mol. The van der Waals surface area contributed by atoms with Gasteiger partial charge in [0.2, 0.25) is 5.91 Å². The molecule has 0 atom stereocenters. The topological polar surface area (TPSA) is 68.0 Å². The van der Waals surface area contributed by atoms with Crippen molar-refractivity contribution < 1.29 is 4.79 Å². The molecule has 0 unspecified atom stereocenters. The molecule has 1 heterocycles. The Bertz CT molecular complexity index is 608. The number of hydrogen-bond donors (Lipinski definition) is 2. The summed E-state index contributed by atoms with van der Waals surface area (Å²) in [5, 5.41) is 2.81. The number of nitrogens with one attached hydrogen (secondary N) is 1. The van der Waals surface area contributed by atoms with E-state index >= 15 is 0 Å². The minimum Gasteiger partial charge on any atom is -0.397 e. The first-order chi connectivity index (χ1) is 9.06. The smallest absolute Gasteiger partial charge is 0.229 e. The van der Waals surface area contributed by atoms with Crippen LogP contribution in [0.25, 0.3) is 0 Å². The number of nitrogen functional groups attached to an aromatic ring is 1. The van der Waals surface area contributed by atoms with Gasteiger partial charge in [-0.15, -0.1) is 0 Å². The Morgan fingerprint density at radius 2 is 2.00 bits per heavy atom. The molecule has 0 aliphatic rings. The molecule has 19 heavy (non-hydrogen) atoms. The molecule has 3 N–H and O–H groups in total. The second-order valence-electron chi connectivity index (χ2n) is 4.59. The highest BCUT2D eigenvalue weighted by molar-refractivity contribution is 5.92. The minimum absolute atomic E-state index is 0.0744. The number of amides is 1. The first-order valence-corrected chi connectivity index (χ1v) is 6.13. The molecule has 4 nitrogen and oxygen atoms in total. The fourth-order valence-electron chi connectivity index (χ4n) is 1.89. The van der Waals surface area contributed by atoms with E-state index in [1.165, 1.54) is 6.20 Å². The SMILES string of the molecule is Cc1ccccc1CC(=O)Nc1ncc(N)cc1C. The highest BCUT2D eigenvalue weighted by Gasteiger charge is 2.08. The first-order valence-electron chi connectivity index (χ1n) is 6.13. The van der Waals surface area contributed by atoms with Gasteiger partial charge in [0.15, 0.2) is 0 Å². The number of nitrogens with zero attached hydrogens (tertiary/aromatic N) is 1. The number of carbonyl (C=O) groups is 1. The molecule has 98 valence electrons. The van der Waals surface area contributed by atoms with Crippen LogP contribution >= 0.6 is 0 Å². The molecule has 0 fully saturated rings. The average Bonchev–Trinajstić information content (AvgIpc) is 2.36. The van der Waals surface area contributed by atoms with Crippen LogP contribution in [0.1, 0.15) is 16.7 Å². The number of aryl methyl sites for hydroxylation is 2. The van der Waals surface area contributed by atoms with Gasteiger partial charge < -0.3 is 11.1 Å². The molecule has 0 saturated carbocycles. The molecule has 0 spiro atoms. The molecule has 1 aromatic carbocycles. The van der Waals surface area contributed by atoms with Crippen molar-refractivity contribution in [1.82, 2.24) is 4.98 Å². The molecule has 0 radical (unpaired) electrons. The largest absolute Gasteiger partial charge is 0.397 e. The number of nitrogens with two attached hydrogens (primary N) is 1.